The first kappa shape index (κ1) is 23.3. The van der Waals surface area contributed by atoms with Gasteiger partial charge in [0.15, 0.2) is 6.21 Å². The van der Waals surface area contributed by atoms with Crippen molar-refractivity contribution in [1.29, 1.82) is 5.41 Å². The van der Waals surface area contributed by atoms with Crippen molar-refractivity contribution in [1.82, 2.24) is 4.98 Å². The minimum absolute atomic E-state index is 0.0390. The van der Waals surface area contributed by atoms with E-state index in [1.165, 1.54) is 6.21 Å². The Morgan fingerprint density at radius 3 is 2.83 bits per heavy atom. The van der Waals surface area contributed by atoms with Crippen LogP contribution in [0.15, 0.2) is 47.6 Å². The highest BCUT2D eigenvalue weighted by atomic mass is 16.5. The standard InChI is InChI=1S/C22H33N7O/c1-14(2)16(10-23)9-20(25)28-21-6-5-19-22(29-21)15(3)18(13-27-19)17(11-24)12-26-7-8-30-4/h5-6,9-15,18,24,26H,7-8,23,25H2,1-4H3,(H,28,29)/p+2. The maximum Gasteiger partial charge on any atom is 0.225 e. The Morgan fingerprint density at radius 2 is 2.20 bits per heavy atom. The predicted molar refractivity (Wildman–Crippen MR) is 121 cm³/mol. The Balaban J connectivity index is 2.21. The number of anilines is 1. The summed E-state index contributed by atoms with van der Waals surface area (Å²) < 4.78 is 5.08. The molecular weight excluding hydrogens is 378 g/mol. The maximum absolute atomic E-state index is 7.84. The Kier molecular flexibility index (Phi) is 8.76. The molecule has 0 radical (unpaired) electrons. The van der Waals surface area contributed by atoms with Gasteiger partial charge in [-0.1, -0.05) is 20.8 Å². The lowest BCUT2D eigenvalue weighted by atomic mass is 9.84. The van der Waals surface area contributed by atoms with E-state index in [2.05, 4.69) is 31.1 Å². The van der Waals surface area contributed by atoms with Crippen LogP contribution in [0.2, 0.25) is 0 Å². The van der Waals surface area contributed by atoms with E-state index >= 15 is 0 Å². The van der Waals surface area contributed by atoms with Gasteiger partial charge in [-0.2, -0.15) is 0 Å². The van der Waals surface area contributed by atoms with Gasteiger partial charge < -0.3 is 32.2 Å². The summed E-state index contributed by atoms with van der Waals surface area (Å²) in [5.74, 6) is 1.58. The van der Waals surface area contributed by atoms with Crippen molar-refractivity contribution in [2.24, 2.45) is 23.3 Å². The Hall–Kier alpha value is -2.97. The maximum atomic E-state index is 7.84. The first-order chi connectivity index (χ1) is 14.4. The first-order valence-electron chi connectivity index (χ1n) is 10.2. The average Bonchev–Trinajstić information content (AvgIpc) is 2.73. The van der Waals surface area contributed by atoms with Crippen molar-refractivity contribution in [2.45, 2.75) is 26.7 Å². The second kappa shape index (κ2) is 11.3. The van der Waals surface area contributed by atoms with E-state index in [1.807, 2.05) is 35.9 Å². The molecule has 8 heteroatoms. The van der Waals surface area contributed by atoms with Crippen LogP contribution in [0.4, 0.5) is 11.5 Å². The smallest absolute Gasteiger partial charge is 0.225 e. The first-order valence-corrected chi connectivity index (χ1v) is 10.2. The van der Waals surface area contributed by atoms with Crippen LogP contribution < -0.4 is 27.1 Å². The van der Waals surface area contributed by atoms with Gasteiger partial charge >= 0.3 is 0 Å². The van der Waals surface area contributed by atoms with E-state index in [0.717, 1.165) is 29.1 Å². The molecule has 0 fully saturated rings. The minimum atomic E-state index is 0.0390. The van der Waals surface area contributed by atoms with Crippen LogP contribution in [0, 0.1) is 17.2 Å². The van der Waals surface area contributed by atoms with Gasteiger partial charge in [0.05, 0.1) is 18.7 Å². The summed E-state index contributed by atoms with van der Waals surface area (Å²) >= 11 is 0. The van der Waals surface area contributed by atoms with E-state index in [4.69, 9.17) is 26.6 Å². The average molecular weight is 414 g/mol. The fourth-order valence-corrected chi connectivity index (χ4v) is 3.32. The number of allylic oxidation sites excluding steroid dienone is 3. The largest absolute Gasteiger partial charge is 0.404 e. The highest BCUT2D eigenvalue weighted by molar-refractivity contribution is 5.84. The molecule has 1 aliphatic rings. The summed E-state index contributed by atoms with van der Waals surface area (Å²) in [7, 11) is 1.68. The van der Waals surface area contributed by atoms with Crippen LogP contribution in [0.1, 0.15) is 32.4 Å². The highest BCUT2D eigenvalue weighted by Gasteiger charge is 2.32. The molecule has 0 saturated heterocycles. The molecule has 30 heavy (non-hydrogen) atoms. The zero-order valence-corrected chi connectivity index (χ0v) is 18.3. The number of methoxy groups -OCH3 is 1. The second-order valence-corrected chi connectivity index (χ2v) is 7.63. The summed E-state index contributed by atoms with van der Waals surface area (Å²) in [5.41, 5.74) is 15.6. The lowest BCUT2D eigenvalue weighted by molar-refractivity contribution is -0.590. The van der Waals surface area contributed by atoms with E-state index in [9.17, 15) is 0 Å². The van der Waals surface area contributed by atoms with Crippen molar-refractivity contribution in [2.75, 3.05) is 25.6 Å². The number of fused-ring (bicyclic) bond motifs is 1. The van der Waals surface area contributed by atoms with Gasteiger partial charge in [-0.05, 0) is 29.8 Å². The lowest BCUT2D eigenvalue weighted by Gasteiger charge is -2.22. The Labute approximate surface area is 178 Å². The van der Waals surface area contributed by atoms with Crippen molar-refractivity contribution >= 4 is 23.9 Å². The zero-order chi connectivity index (χ0) is 22.1. The molecule has 0 aliphatic carbocycles. The number of nitrogens with two attached hydrogens (primary N) is 3. The van der Waals surface area contributed by atoms with Gasteiger partial charge in [-0.3, -0.25) is 0 Å². The summed E-state index contributed by atoms with van der Waals surface area (Å²) in [6.45, 7) is 7.72. The molecule has 2 heterocycles. The van der Waals surface area contributed by atoms with Crippen molar-refractivity contribution in [3.8, 4) is 0 Å². The van der Waals surface area contributed by atoms with Crippen molar-refractivity contribution < 1.29 is 15.0 Å². The van der Waals surface area contributed by atoms with Gasteiger partial charge in [0.2, 0.25) is 5.69 Å². The molecule has 1 aromatic heterocycles. The third-order valence-electron chi connectivity index (χ3n) is 5.12. The summed E-state index contributed by atoms with van der Waals surface area (Å²) in [6, 6.07) is 3.88. The number of hydrogen-bond acceptors (Lipinski definition) is 6. The number of rotatable bonds is 10. The zero-order valence-electron chi connectivity index (χ0n) is 18.3. The molecule has 2 atom stereocenters. The molecule has 162 valence electrons. The molecule has 2 rings (SSSR count). The molecule has 8 nitrogen and oxygen atoms in total. The van der Waals surface area contributed by atoms with Crippen LogP contribution in [-0.2, 0) is 4.74 Å². The van der Waals surface area contributed by atoms with E-state index in [-0.39, 0.29) is 17.8 Å². The van der Waals surface area contributed by atoms with Crippen LogP contribution >= 0.6 is 0 Å². The minimum Gasteiger partial charge on any atom is -0.404 e. The number of aromatic nitrogens is 1. The van der Waals surface area contributed by atoms with Crippen molar-refractivity contribution in [3.05, 3.63) is 53.3 Å². The molecule has 0 bridgehead atoms. The molecule has 0 aromatic carbocycles. The van der Waals surface area contributed by atoms with E-state index < -0.39 is 0 Å². The molecule has 1 aliphatic heterocycles. The van der Waals surface area contributed by atoms with Gasteiger partial charge in [0, 0.05) is 30.9 Å². The van der Waals surface area contributed by atoms with Gasteiger partial charge in [-0.25, -0.2) is 9.98 Å². The summed E-state index contributed by atoms with van der Waals surface area (Å²) in [4.78, 5) is 8.12. The molecule has 0 amide bonds. The number of hydrogen-bond donors (Lipinski definition) is 6. The highest BCUT2D eigenvalue weighted by Crippen LogP contribution is 2.31. The number of nitrogens with zero attached hydrogens (tertiary/aromatic N) is 1. The third kappa shape index (κ3) is 6.01. The Bertz CT molecular complexity index is 855. The normalized spacial score (nSPS) is 19.7. The van der Waals surface area contributed by atoms with E-state index in [0.29, 0.717) is 18.2 Å². The van der Waals surface area contributed by atoms with Crippen LogP contribution in [0.25, 0.3) is 0 Å². The van der Waals surface area contributed by atoms with Gasteiger partial charge in [0.1, 0.15) is 23.9 Å². The third-order valence-corrected chi connectivity index (χ3v) is 5.12. The molecule has 1 aromatic rings. The fourth-order valence-electron chi connectivity index (χ4n) is 3.32. The fraction of sp³-hybridized carbons (Fsp3) is 0.409. The SMILES string of the molecule is COCC[NH2+]C=C(C=N)C1C=[NH+]c2ccc(NC(N)=CC(=CN)C(C)C)nc2C1C. The second-order valence-electron chi connectivity index (χ2n) is 7.63. The quantitative estimate of drug-likeness (QED) is 0.183. The van der Waals surface area contributed by atoms with Gasteiger partial charge in [0.25, 0.3) is 0 Å². The Morgan fingerprint density at radius 1 is 1.43 bits per heavy atom. The molecule has 0 saturated carbocycles. The summed E-state index contributed by atoms with van der Waals surface area (Å²) in [6.07, 6.45) is 8.82. The van der Waals surface area contributed by atoms with Crippen LogP contribution in [0.3, 0.4) is 0 Å². The number of pyridine rings is 1. The number of ether oxygens (including phenoxy) is 1. The monoisotopic (exact) mass is 413 g/mol. The van der Waals surface area contributed by atoms with Crippen LogP contribution in [-0.4, -0.2) is 37.7 Å². The summed E-state index contributed by atoms with van der Waals surface area (Å²) in [5, 5.41) is 13.0. The topological polar surface area (TPSA) is 141 Å². The van der Waals surface area contributed by atoms with Crippen molar-refractivity contribution in [3.63, 3.8) is 0 Å². The molecular formula is C22H35N7O+2. The molecule has 0 spiro atoms. The number of nitrogens with one attached hydrogen (secondary N) is 3. The molecule has 9 N–H and O–H groups in total. The lowest BCUT2D eigenvalue weighted by Crippen LogP contribution is -2.79. The van der Waals surface area contributed by atoms with Crippen LogP contribution in [0.5, 0.6) is 0 Å². The molecule has 2 unspecified atom stereocenters. The number of quaternary nitrogens is 1. The van der Waals surface area contributed by atoms with Gasteiger partial charge in [-0.15, -0.1) is 0 Å². The van der Waals surface area contributed by atoms with E-state index in [1.54, 1.807) is 13.3 Å². The predicted octanol–water partition coefficient (Wildman–Crippen LogP) is 0.0517.